The number of aryl methyl sites for hydroxylation is 1. The third-order valence-corrected chi connectivity index (χ3v) is 5.16. The predicted octanol–water partition coefficient (Wildman–Crippen LogP) is 3.13. The van der Waals surface area contributed by atoms with Crippen LogP contribution in [0, 0.1) is 12.7 Å². The smallest absolute Gasteiger partial charge is 0.298 e. The average molecular weight is 338 g/mol. The minimum absolute atomic E-state index is 0.284. The molecule has 2 aromatic heterocycles. The highest BCUT2D eigenvalue weighted by Crippen LogP contribution is 2.38. The van der Waals surface area contributed by atoms with E-state index in [1.807, 2.05) is 13.0 Å². The molecule has 3 aliphatic rings. The van der Waals surface area contributed by atoms with Gasteiger partial charge in [0.15, 0.2) is 5.58 Å². The highest BCUT2D eigenvalue weighted by molar-refractivity contribution is 5.74. The fraction of sp³-hybridized carbons (Fsp3) is 0.368. The van der Waals surface area contributed by atoms with Gasteiger partial charge in [-0.3, -0.25) is 9.88 Å². The topological polar surface area (TPSA) is 45.4 Å². The lowest BCUT2D eigenvalue weighted by Crippen LogP contribution is -2.68. The number of aromatic nitrogens is 2. The Bertz CT molecular complexity index is 928. The lowest BCUT2D eigenvalue weighted by Gasteiger charge is -2.55. The van der Waals surface area contributed by atoms with E-state index in [0.29, 0.717) is 29.2 Å². The van der Waals surface area contributed by atoms with Gasteiger partial charge >= 0.3 is 0 Å². The van der Waals surface area contributed by atoms with Crippen LogP contribution in [0.2, 0.25) is 0 Å². The summed E-state index contributed by atoms with van der Waals surface area (Å²) in [6.45, 7) is 4.84. The third kappa shape index (κ3) is 2.57. The lowest BCUT2D eigenvalue weighted by atomic mass is 9.88. The largest absolute Gasteiger partial charge is 0.423 e. The molecule has 2 bridgehead atoms. The first-order valence-electron chi connectivity index (χ1n) is 8.65. The van der Waals surface area contributed by atoms with E-state index in [-0.39, 0.29) is 5.82 Å². The molecule has 3 saturated heterocycles. The molecule has 0 spiro atoms. The number of benzene rings is 1. The first-order valence-corrected chi connectivity index (χ1v) is 8.65. The maximum Gasteiger partial charge on any atom is 0.298 e. The first kappa shape index (κ1) is 14.8. The molecule has 5 heterocycles. The normalized spacial score (nSPS) is 23.0. The first-order chi connectivity index (χ1) is 12.2. The van der Waals surface area contributed by atoms with Crippen molar-refractivity contribution in [2.24, 2.45) is 0 Å². The van der Waals surface area contributed by atoms with E-state index in [9.17, 15) is 4.39 Å². The van der Waals surface area contributed by atoms with Crippen LogP contribution in [-0.2, 0) is 6.54 Å². The van der Waals surface area contributed by atoms with E-state index in [0.717, 1.165) is 37.4 Å². The van der Waals surface area contributed by atoms with E-state index >= 15 is 0 Å². The van der Waals surface area contributed by atoms with Crippen molar-refractivity contribution >= 4 is 17.1 Å². The van der Waals surface area contributed by atoms with Crippen molar-refractivity contribution < 1.29 is 8.81 Å². The lowest BCUT2D eigenvalue weighted by molar-refractivity contribution is 0.102. The van der Waals surface area contributed by atoms with Crippen LogP contribution in [0.25, 0.3) is 11.1 Å². The van der Waals surface area contributed by atoms with Crippen LogP contribution in [0.5, 0.6) is 0 Å². The van der Waals surface area contributed by atoms with Gasteiger partial charge in [-0.2, -0.15) is 4.98 Å². The number of pyridine rings is 1. The maximum absolute atomic E-state index is 13.4. The molecule has 6 heteroatoms. The van der Waals surface area contributed by atoms with Gasteiger partial charge in [0, 0.05) is 43.5 Å². The van der Waals surface area contributed by atoms with Gasteiger partial charge in [-0.1, -0.05) is 6.07 Å². The number of anilines is 1. The molecule has 3 aromatic rings. The van der Waals surface area contributed by atoms with Gasteiger partial charge in [0.25, 0.3) is 6.01 Å². The molecule has 2 unspecified atom stereocenters. The summed E-state index contributed by atoms with van der Waals surface area (Å²) in [5.41, 5.74) is 3.40. The van der Waals surface area contributed by atoms with E-state index < -0.39 is 0 Å². The second kappa shape index (κ2) is 5.52. The molecule has 25 heavy (non-hydrogen) atoms. The van der Waals surface area contributed by atoms with Crippen molar-refractivity contribution in [2.45, 2.75) is 32.0 Å². The van der Waals surface area contributed by atoms with Crippen LogP contribution in [0.1, 0.15) is 17.8 Å². The Morgan fingerprint density at radius 3 is 2.80 bits per heavy atom. The Labute approximate surface area is 145 Å². The number of piperidine rings is 1. The summed E-state index contributed by atoms with van der Waals surface area (Å²) in [5, 5.41) is 0. The summed E-state index contributed by atoms with van der Waals surface area (Å²) in [4.78, 5) is 13.8. The van der Waals surface area contributed by atoms with Gasteiger partial charge in [0.05, 0.1) is 5.69 Å². The standard InChI is InChI=1S/C19H19FN4O/c1-12-3-2-4-14(21-12)9-23-10-15-8-16(11-23)24(15)19-22-17-7-13(20)5-6-18(17)25-19/h2-7,15-16H,8-11H2,1H3. The van der Waals surface area contributed by atoms with Gasteiger partial charge in [0.2, 0.25) is 0 Å². The monoisotopic (exact) mass is 338 g/mol. The van der Waals surface area contributed by atoms with Crippen molar-refractivity contribution in [3.63, 3.8) is 0 Å². The van der Waals surface area contributed by atoms with Gasteiger partial charge in [-0.05, 0) is 37.6 Å². The summed E-state index contributed by atoms with van der Waals surface area (Å²) in [5.74, 6) is -0.284. The third-order valence-electron chi connectivity index (χ3n) is 5.16. The summed E-state index contributed by atoms with van der Waals surface area (Å²) in [7, 11) is 0. The predicted molar refractivity (Wildman–Crippen MR) is 92.9 cm³/mol. The molecule has 2 atom stereocenters. The fourth-order valence-electron chi connectivity index (χ4n) is 4.05. The van der Waals surface area contributed by atoms with Crippen LogP contribution in [0.4, 0.5) is 10.4 Å². The molecule has 1 aromatic carbocycles. The maximum atomic E-state index is 13.4. The molecule has 0 N–H and O–H groups in total. The molecule has 6 rings (SSSR count). The van der Waals surface area contributed by atoms with Crippen molar-refractivity contribution in [1.29, 1.82) is 0 Å². The number of halogens is 1. The Balaban J connectivity index is 1.32. The van der Waals surface area contributed by atoms with Crippen LogP contribution in [-0.4, -0.2) is 40.0 Å². The average Bonchev–Trinajstić information content (AvgIpc) is 2.96. The zero-order valence-electron chi connectivity index (χ0n) is 14.0. The number of piperazine rings is 1. The highest BCUT2D eigenvalue weighted by atomic mass is 19.1. The summed E-state index contributed by atoms with van der Waals surface area (Å²) in [6, 6.07) is 12.1. The fourth-order valence-corrected chi connectivity index (χ4v) is 4.05. The van der Waals surface area contributed by atoms with Crippen molar-refractivity contribution in [3.8, 4) is 0 Å². The molecule has 3 aliphatic heterocycles. The van der Waals surface area contributed by atoms with Crippen molar-refractivity contribution in [1.82, 2.24) is 14.9 Å². The molecule has 128 valence electrons. The van der Waals surface area contributed by atoms with Gasteiger partial charge in [0.1, 0.15) is 11.3 Å². The Kier molecular flexibility index (Phi) is 3.28. The number of hydrogen-bond donors (Lipinski definition) is 0. The van der Waals surface area contributed by atoms with Crippen LogP contribution in [0.15, 0.2) is 40.8 Å². The van der Waals surface area contributed by atoms with Crippen molar-refractivity contribution in [3.05, 3.63) is 53.6 Å². The summed E-state index contributed by atoms with van der Waals surface area (Å²) >= 11 is 0. The molecular formula is C19H19FN4O. The number of oxazole rings is 1. The Morgan fingerprint density at radius 1 is 1.16 bits per heavy atom. The van der Waals surface area contributed by atoms with E-state index in [4.69, 9.17) is 4.42 Å². The molecule has 0 amide bonds. The SMILES string of the molecule is Cc1cccc(CN2CC3CC(C2)N3c2nc3cc(F)ccc3o2)n1. The molecule has 0 saturated carbocycles. The van der Waals surface area contributed by atoms with E-state index in [2.05, 4.69) is 31.9 Å². The second-order valence-corrected chi connectivity index (χ2v) is 7.02. The van der Waals surface area contributed by atoms with E-state index in [1.54, 1.807) is 6.07 Å². The molecule has 0 aliphatic carbocycles. The highest BCUT2D eigenvalue weighted by Gasteiger charge is 2.46. The summed E-state index contributed by atoms with van der Waals surface area (Å²) < 4.78 is 19.2. The van der Waals surface area contributed by atoms with E-state index in [1.165, 1.54) is 12.1 Å². The quantitative estimate of drug-likeness (QED) is 0.734. The van der Waals surface area contributed by atoms with Crippen LogP contribution < -0.4 is 4.90 Å². The Morgan fingerprint density at radius 2 is 2.00 bits per heavy atom. The summed E-state index contributed by atoms with van der Waals surface area (Å²) in [6.07, 6.45) is 1.16. The van der Waals surface area contributed by atoms with Crippen LogP contribution >= 0.6 is 0 Å². The second-order valence-electron chi connectivity index (χ2n) is 7.02. The minimum atomic E-state index is -0.284. The zero-order chi connectivity index (χ0) is 17.0. The van der Waals surface area contributed by atoms with Gasteiger partial charge in [-0.25, -0.2) is 4.39 Å². The molecule has 3 fully saturated rings. The molecular weight excluding hydrogens is 319 g/mol. The van der Waals surface area contributed by atoms with Gasteiger partial charge in [-0.15, -0.1) is 0 Å². The number of rotatable bonds is 3. The van der Waals surface area contributed by atoms with Gasteiger partial charge < -0.3 is 9.32 Å². The Hall–Kier alpha value is -2.47. The molecule has 5 nitrogen and oxygen atoms in total. The number of fused-ring (bicyclic) bond motifs is 3. The minimum Gasteiger partial charge on any atom is -0.423 e. The van der Waals surface area contributed by atoms with Crippen molar-refractivity contribution in [2.75, 3.05) is 18.0 Å². The van der Waals surface area contributed by atoms with Crippen LogP contribution in [0.3, 0.4) is 0 Å². The zero-order valence-corrected chi connectivity index (χ0v) is 14.0. The molecule has 0 radical (unpaired) electrons. The number of hydrogen-bond acceptors (Lipinski definition) is 5. The number of nitrogens with zero attached hydrogens (tertiary/aromatic N) is 4.